The normalized spacial score (nSPS) is 15.5. The number of nitrogens with two attached hydrogens (primary N) is 1. The van der Waals surface area contributed by atoms with E-state index >= 15 is 0 Å². The molecule has 2 nitrogen and oxygen atoms in total. The van der Waals surface area contributed by atoms with E-state index in [4.69, 9.17) is 5.73 Å². The SMILES string of the molecule is Cc1ccc([C@@H](N)C(C)O)cc1C. The van der Waals surface area contributed by atoms with E-state index in [1.54, 1.807) is 6.92 Å². The zero-order valence-electron chi connectivity index (χ0n) is 8.41. The van der Waals surface area contributed by atoms with Crippen molar-refractivity contribution in [1.29, 1.82) is 0 Å². The van der Waals surface area contributed by atoms with Crippen LogP contribution in [0.3, 0.4) is 0 Å². The van der Waals surface area contributed by atoms with E-state index in [1.165, 1.54) is 11.1 Å². The van der Waals surface area contributed by atoms with Crippen LogP contribution in [0.2, 0.25) is 0 Å². The lowest BCUT2D eigenvalue weighted by Crippen LogP contribution is -2.23. The Morgan fingerprint density at radius 1 is 1.23 bits per heavy atom. The van der Waals surface area contributed by atoms with Crippen molar-refractivity contribution in [3.8, 4) is 0 Å². The summed E-state index contributed by atoms with van der Waals surface area (Å²) < 4.78 is 0. The van der Waals surface area contributed by atoms with E-state index in [0.29, 0.717) is 0 Å². The maximum atomic E-state index is 9.31. The predicted molar refractivity (Wildman–Crippen MR) is 54.5 cm³/mol. The molecule has 1 aromatic carbocycles. The smallest absolute Gasteiger partial charge is 0.0704 e. The Labute approximate surface area is 79.4 Å². The fraction of sp³-hybridized carbons (Fsp3) is 0.455. The molecule has 13 heavy (non-hydrogen) atoms. The lowest BCUT2D eigenvalue weighted by atomic mass is 9.99. The van der Waals surface area contributed by atoms with Gasteiger partial charge in [0, 0.05) is 0 Å². The van der Waals surface area contributed by atoms with Gasteiger partial charge in [-0.1, -0.05) is 18.2 Å². The molecular weight excluding hydrogens is 162 g/mol. The van der Waals surface area contributed by atoms with Crippen molar-refractivity contribution in [3.05, 3.63) is 34.9 Å². The second kappa shape index (κ2) is 3.90. The van der Waals surface area contributed by atoms with Crippen LogP contribution >= 0.6 is 0 Å². The quantitative estimate of drug-likeness (QED) is 0.725. The number of rotatable bonds is 2. The van der Waals surface area contributed by atoms with Gasteiger partial charge in [-0.2, -0.15) is 0 Å². The average molecular weight is 179 g/mol. The van der Waals surface area contributed by atoms with Gasteiger partial charge in [0.15, 0.2) is 0 Å². The number of hydrogen-bond donors (Lipinski definition) is 2. The minimum Gasteiger partial charge on any atom is -0.391 e. The fourth-order valence-electron chi connectivity index (χ4n) is 1.25. The van der Waals surface area contributed by atoms with Crippen LogP contribution in [0.25, 0.3) is 0 Å². The molecule has 0 aliphatic rings. The molecule has 2 heteroatoms. The first kappa shape index (κ1) is 10.2. The Hall–Kier alpha value is -0.860. The van der Waals surface area contributed by atoms with Gasteiger partial charge in [-0.25, -0.2) is 0 Å². The summed E-state index contributed by atoms with van der Waals surface area (Å²) in [6.45, 7) is 5.82. The largest absolute Gasteiger partial charge is 0.391 e. The highest BCUT2D eigenvalue weighted by Gasteiger charge is 2.11. The van der Waals surface area contributed by atoms with Crippen molar-refractivity contribution in [2.45, 2.75) is 32.9 Å². The summed E-state index contributed by atoms with van der Waals surface area (Å²) in [5, 5.41) is 9.31. The lowest BCUT2D eigenvalue weighted by molar-refractivity contribution is 0.164. The second-order valence-corrected chi connectivity index (χ2v) is 3.61. The van der Waals surface area contributed by atoms with Crippen LogP contribution in [-0.4, -0.2) is 11.2 Å². The molecule has 3 N–H and O–H groups in total. The van der Waals surface area contributed by atoms with Crippen molar-refractivity contribution in [1.82, 2.24) is 0 Å². The molecule has 0 aliphatic heterocycles. The molecule has 1 unspecified atom stereocenters. The molecule has 0 fully saturated rings. The van der Waals surface area contributed by atoms with Crippen molar-refractivity contribution >= 4 is 0 Å². The molecule has 0 bridgehead atoms. The number of benzene rings is 1. The minimum absolute atomic E-state index is 0.278. The minimum atomic E-state index is -0.498. The van der Waals surface area contributed by atoms with Gasteiger partial charge < -0.3 is 10.8 Å². The summed E-state index contributed by atoms with van der Waals surface area (Å²) in [6, 6.07) is 5.76. The van der Waals surface area contributed by atoms with Gasteiger partial charge in [-0.3, -0.25) is 0 Å². The van der Waals surface area contributed by atoms with Crippen LogP contribution in [0.5, 0.6) is 0 Å². The van der Waals surface area contributed by atoms with Gasteiger partial charge in [0.05, 0.1) is 12.1 Å². The van der Waals surface area contributed by atoms with Crippen LogP contribution in [0.15, 0.2) is 18.2 Å². The van der Waals surface area contributed by atoms with Gasteiger partial charge in [0.1, 0.15) is 0 Å². The molecule has 1 aromatic rings. The van der Waals surface area contributed by atoms with Crippen LogP contribution in [0.4, 0.5) is 0 Å². The summed E-state index contributed by atoms with van der Waals surface area (Å²) in [5.74, 6) is 0. The Bertz CT molecular complexity index is 294. The fourth-order valence-corrected chi connectivity index (χ4v) is 1.25. The molecule has 0 amide bonds. The molecule has 2 atom stereocenters. The first-order valence-electron chi connectivity index (χ1n) is 4.53. The molecule has 0 aromatic heterocycles. The number of aliphatic hydroxyl groups excluding tert-OH is 1. The second-order valence-electron chi connectivity index (χ2n) is 3.61. The van der Waals surface area contributed by atoms with Gasteiger partial charge in [-0.05, 0) is 37.5 Å². The highest BCUT2D eigenvalue weighted by atomic mass is 16.3. The third-order valence-corrected chi connectivity index (χ3v) is 2.44. The molecule has 0 heterocycles. The van der Waals surface area contributed by atoms with Crippen molar-refractivity contribution in [3.63, 3.8) is 0 Å². The molecule has 0 radical (unpaired) electrons. The summed E-state index contributed by atoms with van der Waals surface area (Å²) in [6.07, 6.45) is -0.498. The van der Waals surface area contributed by atoms with E-state index in [9.17, 15) is 5.11 Å². The lowest BCUT2D eigenvalue weighted by Gasteiger charge is -2.16. The Kier molecular flexibility index (Phi) is 3.07. The van der Waals surface area contributed by atoms with Crippen molar-refractivity contribution < 1.29 is 5.11 Å². The Morgan fingerprint density at radius 2 is 1.85 bits per heavy atom. The monoisotopic (exact) mass is 179 g/mol. The van der Waals surface area contributed by atoms with E-state index in [0.717, 1.165) is 5.56 Å². The van der Waals surface area contributed by atoms with Gasteiger partial charge in [0.25, 0.3) is 0 Å². The molecule has 1 rings (SSSR count). The first-order chi connectivity index (χ1) is 6.02. The molecule has 0 spiro atoms. The first-order valence-corrected chi connectivity index (χ1v) is 4.53. The Morgan fingerprint density at radius 3 is 2.31 bits per heavy atom. The number of aryl methyl sites for hydroxylation is 2. The topological polar surface area (TPSA) is 46.2 Å². The molecule has 0 saturated carbocycles. The molecule has 72 valence electrons. The van der Waals surface area contributed by atoms with E-state index in [-0.39, 0.29) is 6.04 Å². The van der Waals surface area contributed by atoms with E-state index in [2.05, 4.69) is 6.92 Å². The van der Waals surface area contributed by atoms with Crippen LogP contribution in [0.1, 0.15) is 29.7 Å². The van der Waals surface area contributed by atoms with E-state index < -0.39 is 6.10 Å². The summed E-state index contributed by atoms with van der Waals surface area (Å²) in [7, 11) is 0. The standard InChI is InChI=1S/C11H17NO/c1-7-4-5-10(6-8(7)2)11(12)9(3)13/h4-6,9,11,13H,12H2,1-3H3/t9?,11-/m0/s1. The van der Waals surface area contributed by atoms with Gasteiger partial charge in [0.2, 0.25) is 0 Å². The van der Waals surface area contributed by atoms with Crippen molar-refractivity contribution in [2.24, 2.45) is 5.73 Å². The van der Waals surface area contributed by atoms with Crippen LogP contribution in [-0.2, 0) is 0 Å². The number of aliphatic hydroxyl groups is 1. The third-order valence-electron chi connectivity index (χ3n) is 2.44. The van der Waals surface area contributed by atoms with Crippen LogP contribution < -0.4 is 5.73 Å². The maximum absolute atomic E-state index is 9.31. The zero-order valence-corrected chi connectivity index (χ0v) is 8.41. The summed E-state index contributed by atoms with van der Waals surface area (Å²) >= 11 is 0. The third kappa shape index (κ3) is 2.29. The molecule has 0 aliphatic carbocycles. The van der Waals surface area contributed by atoms with Gasteiger partial charge >= 0.3 is 0 Å². The average Bonchev–Trinajstić information content (AvgIpc) is 2.08. The van der Waals surface area contributed by atoms with E-state index in [1.807, 2.05) is 25.1 Å². The predicted octanol–water partition coefficient (Wildman–Crippen LogP) is 1.68. The van der Waals surface area contributed by atoms with Crippen molar-refractivity contribution in [2.75, 3.05) is 0 Å². The van der Waals surface area contributed by atoms with Crippen LogP contribution in [0, 0.1) is 13.8 Å². The zero-order chi connectivity index (χ0) is 10.0. The number of hydrogen-bond acceptors (Lipinski definition) is 2. The Balaban J connectivity index is 2.97. The maximum Gasteiger partial charge on any atom is 0.0704 e. The highest BCUT2D eigenvalue weighted by molar-refractivity contribution is 5.31. The van der Waals surface area contributed by atoms with Gasteiger partial charge in [-0.15, -0.1) is 0 Å². The molecule has 0 saturated heterocycles. The summed E-state index contributed by atoms with van der Waals surface area (Å²) in [4.78, 5) is 0. The molecular formula is C11H17NO. The highest BCUT2D eigenvalue weighted by Crippen LogP contribution is 2.17. The summed E-state index contributed by atoms with van der Waals surface area (Å²) in [5.41, 5.74) is 9.27.